The molecule has 0 unspecified atom stereocenters. The first-order valence-corrected chi connectivity index (χ1v) is 5.53. The molecule has 1 fully saturated rings. The zero-order valence-electron chi connectivity index (χ0n) is 8.07. The summed E-state index contributed by atoms with van der Waals surface area (Å²) in [6.45, 7) is 0.268. The van der Waals surface area contributed by atoms with E-state index in [1.807, 2.05) is 24.3 Å². The number of carbonyl (C=O) groups is 1. The molecule has 0 aliphatic heterocycles. The van der Waals surface area contributed by atoms with E-state index in [0.717, 1.165) is 17.3 Å². The molecule has 2 rings (SSSR count). The summed E-state index contributed by atoms with van der Waals surface area (Å²) in [5.74, 6) is -0.0367. The van der Waals surface area contributed by atoms with Crippen molar-refractivity contribution in [1.82, 2.24) is 0 Å². The second kappa shape index (κ2) is 3.85. The predicted molar refractivity (Wildman–Crippen MR) is 58.9 cm³/mol. The first-order valence-electron chi connectivity index (χ1n) is 4.74. The fourth-order valence-corrected chi connectivity index (χ4v) is 1.59. The molecule has 0 atom stereocenters. The Balaban J connectivity index is 1.94. The van der Waals surface area contributed by atoms with Gasteiger partial charge < -0.3 is 9.84 Å². The van der Waals surface area contributed by atoms with Gasteiger partial charge in [0, 0.05) is 4.47 Å². The van der Waals surface area contributed by atoms with Crippen molar-refractivity contribution in [1.29, 1.82) is 0 Å². The highest BCUT2D eigenvalue weighted by Crippen LogP contribution is 2.46. The molecule has 1 aromatic carbocycles. The highest BCUT2D eigenvalue weighted by Gasteiger charge is 2.51. The quantitative estimate of drug-likeness (QED) is 0.915. The first-order chi connectivity index (χ1) is 7.12. The summed E-state index contributed by atoms with van der Waals surface area (Å²) < 4.78 is 6.43. The average Bonchev–Trinajstić information content (AvgIpc) is 2.98. The Bertz CT molecular complexity index is 368. The number of hydrogen-bond acceptors (Lipinski definition) is 2. The zero-order valence-corrected chi connectivity index (χ0v) is 9.66. The lowest BCUT2D eigenvalue weighted by atomic mass is 10.1. The van der Waals surface area contributed by atoms with E-state index in [1.165, 1.54) is 0 Å². The molecule has 0 amide bonds. The number of ether oxygens (including phenoxy) is 1. The Kier molecular flexibility index (Phi) is 2.69. The van der Waals surface area contributed by atoms with Crippen LogP contribution in [0.25, 0.3) is 0 Å². The third kappa shape index (κ3) is 2.31. The van der Waals surface area contributed by atoms with Crippen LogP contribution in [0.4, 0.5) is 0 Å². The molecule has 0 spiro atoms. The zero-order chi connectivity index (χ0) is 10.9. The van der Waals surface area contributed by atoms with Gasteiger partial charge >= 0.3 is 5.97 Å². The lowest BCUT2D eigenvalue weighted by Gasteiger charge is -2.11. The molecule has 1 aliphatic carbocycles. The minimum absolute atomic E-state index is 0.268. The van der Waals surface area contributed by atoms with Crippen LogP contribution in [0.5, 0.6) is 5.75 Å². The summed E-state index contributed by atoms with van der Waals surface area (Å²) in [7, 11) is 0. The molecule has 0 radical (unpaired) electrons. The topological polar surface area (TPSA) is 46.5 Å². The van der Waals surface area contributed by atoms with E-state index in [9.17, 15) is 4.79 Å². The van der Waals surface area contributed by atoms with E-state index in [-0.39, 0.29) is 6.61 Å². The predicted octanol–water partition coefficient (Wildman–Crippen LogP) is 2.69. The molecular formula is C11H11BrO3. The minimum Gasteiger partial charge on any atom is -0.492 e. The second-order valence-corrected chi connectivity index (χ2v) is 4.74. The largest absolute Gasteiger partial charge is 0.492 e. The van der Waals surface area contributed by atoms with E-state index in [0.29, 0.717) is 5.75 Å². The van der Waals surface area contributed by atoms with Crippen molar-refractivity contribution in [3.8, 4) is 5.75 Å². The van der Waals surface area contributed by atoms with Gasteiger partial charge in [0.05, 0.1) is 0 Å². The summed E-state index contributed by atoms with van der Waals surface area (Å²) in [6.07, 6.45) is 1.44. The molecule has 0 aromatic heterocycles. The Labute approximate surface area is 96.2 Å². The summed E-state index contributed by atoms with van der Waals surface area (Å²) in [4.78, 5) is 10.9. The van der Waals surface area contributed by atoms with Crippen molar-refractivity contribution in [2.24, 2.45) is 5.41 Å². The monoisotopic (exact) mass is 270 g/mol. The maximum Gasteiger partial charge on any atom is 0.313 e. The summed E-state index contributed by atoms with van der Waals surface area (Å²) in [5, 5.41) is 8.94. The number of halogens is 1. The van der Waals surface area contributed by atoms with Gasteiger partial charge in [-0.2, -0.15) is 0 Å². The molecule has 0 bridgehead atoms. The summed E-state index contributed by atoms with van der Waals surface area (Å²) >= 11 is 3.32. The fourth-order valence-electron chi connectivity index (χ4n) is 1.32. The molecular weight excluding hydrogens is 260 g/mol. The van der Waals surface area contributed by atoms with Crippen molar-refractivity contribution in [2.45, 2.75) is 12.8 Å². The SMILES string of the molecule is O=C(O)C1(COc2ccc(Br)cc2)CC1. The van der Waals surface area contributed by atoms with Crippen LogP contribution in [-0.2, 0) is 4.79 Å². The number of aliphatic carboxylic acids is 1. The van der Waals surface area contributed by atoms with Gasteiger partial charge in [0.25, 0.3) is 0 Å². The molecule has 3 nitrogen and oxygen atoms in total. The van der Waals surface area contributed by atoms with Crippen LogP contribution in [0, 0.1) is 5.41 Å². The minimum atomic E-state index is -0.750. The first kappa shape index (κ1) is 10.5. The van der Waals surface area contributed by atoms with E-state index in [4.69, 9.17) is 9.84 Å². The Morgan fingerprint density at radius 1 is 1.40 bits per heavy atom. The Morgan fingerprint density at radius 2 is 2.00 bits per heavy atom. The summed E-state index contributed by atoms with van der Waals surface area (Å²) in [5.41, 5.74) is -0.618. The Hall–Kier alpha value is -1.03. The van der Waals surface area contributed by atoms with E-state index < -0.39 is 11.4 Å². The highest BCUT2D eigenvalue weighted by atomic mass is 79.9. The molecule has 4 heteroatoms. The number of benzene rings is 1. The standard InChI is InChI=1S/C11H11BrO3/c12-8-1-3-9(4-2-8)15-7-11(5-6-11)10(13)14/h1-4H,5-7H2,(H,13,14). The maximum absolute atomic E-state index is 10.9. The van der Waals surface area contributed by atoms with Gasteiger partial charge in [0.1, 0.15) is 17.8 Å². The number of rotatable bonds is 4. The van der Waals surface area contributed by atoms with Gasteiger partial charge in [0.2, 0.25) is 0 Å². The van der Waals surface area contributed by atoms with Crippen molar-refractivity contribution < 1.29 is 14.6 Å². The third-order valence-electron chi connectivity index (χ3n) is 2.64. The van der Waals surface area contributed by atoms with Crippen molar-refractivity contribution >= 4 is 21.9 Å². The lowest BCUT2D eigenvalue weighted by Crippen LogP contribution is -2.22. The second-order valence-electron chi connectivity index (χ2n) is 3.83. The lowest BCUT2D eigenvalue weighted by molar-refractivity contribution is -0.144. The van der Waals surface area contributed by atoms with Gasteiger partial charge in [-0.15, -0.1) is 0 Å². The van der Waals surface area contributed by atoms with Crippen molar-refractivity contribution in [3.05, 3.63) is 28.7 Å². The summed E-state index contributed by atoms with van der Waals surface area (Å²) in [6, 6.07) is 7.38. The molecule has 1 aromatic rings. The van der Waals surface area contributed by atoms with Crippen LogP contribution < -0.4 is 4.74 Å². The molecule has 1 saturated carbocycles. The van der Waals surface area contributed by atoms with Crippen LogP contribution in [-0.4, -0.2) is 17.7 Å². The molecule has 1 aliphatic rings. The number of hydrogen-bond donors (Lipinski definition) is 1. The third-order valence-corrected chi connectivity index (χ3v) is 3.16. The molecule has 0 saturated heterocycles. The van der Waals surface area contributed by atoms with Crippen LogP contribution in [0.3, 0.4) is 0 Å². The van der Waals surface area contributed by atoms with Crippen LogP contribution >= 0.6 is 15.9 Å². The Morgan fingerprint density at radius 3 is 2.47 bits per heavy atom. The number of carboxylic acids is 1. The van der Waals surface area contributed by atoms with Gasteiger partial charge in [-0.1, -0.05) is 15.9 Å². The number of carboxylic acid groups (broad SMARTS) is 1. The van der Waals surface area contributed by atoms with Crippen molar-refractivity contribution in [2.75, 3.05) is 6.61 Å². The van der Waals surface area contributed by atoms with Gasteiger partial charge in [-0.05, 0) is 37.1 Å². The van der Waals surface area contributed by atoms with E-state index >= 15 is 0 Å². The maximum atomic E-state index is 10.9. The molecule has 15 heavy (non-hydrogen) atoms. The van der Waals surface area contributed by atoms with Gasteiger partial charge in [0.15, 0.2) is 0 Å². The average molecular weight is 271 g/mol. The van der Waals surface area contributed by atoms with Crippen LogP contribution in [0.15, 0.2) is 28.7 Å². The molecule has 1 N–H and O–H groups in total. The van der Waals surface area contributed by atoms with Crippen LogP contribution in [0.1, 0.15) is 12.8 Å². The van der Waals surface area contributed by atoms with Gasteiger partial charge in [-0.25, -0.2) is 0 Å². The fraction of sp³-hybridized carbons (Fsp3) is 0.364. The molecule has 80 valence electrons. The highest BCUT2D eigenvalue weighted by molar-refractivity contribution is 9.10. The molecule has 0 heterocycles. The van der Waals surface area contributed by atoms with Crippen LogP contribution in [0.2, 0.25) is 0 Å². The van der Waals surface area contributed by atoms with E-state index in [2.05, 4.69) is 15.9 Å². The van der Waals surface area contributed by atoms with Crippen molar-refractivity contribution in [3.63, 3.8) is 0 Å². The normalized spacial score (nSPS) is 17.1. The smallest absolute Gasteiger partial charge is 0.313 e. The van der Waals surface area contributed by atoms with Gasteiger partial charge in [-0.3, -0.25) is 4.79 Å². The van der Waals surface area contributed by atoms with E-state index in [1.54, 1.807) is 0 Å².